The summed E-state index contributed by atoms with van der Waals surface area (Å²) in [6, 6.07) is 15.1. The molecule has 2 N–H and O–H groups in total. The summed E-state index contributed by atoms with van der Waals surface area (Å²) in [7, 11) is 0. The van der Waals surface area contributed by atoms with Crippen molar-refractivity contribution in [3.05, 3.63) is 59.8 Å². The second kappa shape index (κ2) is 6.32. The van der Waals surface area contributed by atoms with Crippen molar-refractivity contribution in [3.8, 4) is 22.8 Å². The number of aromatic nitrogens is 2. The zero-order valence-electron chi connectivity index (χ0n) is 13.7. The maximum absolute atomic E-state index is 12.4. The second-order valence-corrected chi connectivity index (χ2v) is 5.74. The summed E-state index contributed by atoms with van der Waals surface area (Å²) in [5.41, 5.74) is 3.90. The molecule has 1 amide bonds. The van der Waals surface area contributed by atoms with E-state index in [1.165, 1.54) is 5.56 Å². The largest absolute Gasteiger partial charge is 0.454 e. The average molecular weight is 335 g/mol. The lowest BCUT2D eigenvalue weighted by Crippen LogP contribution is -2.12. The molecule has 3 aromatic rings. The number of fused-ring (bicyclic) bond motifs is 1. The van der Waals surface area contributed by atoms with E-state index in [1.54, 1.807) is 6.07 Å². The van der Waals surface area contributed by atoms with Gasteiger partial charge < -0.3 is 14.8 Å². The highest BCUT2D eigenvalue weighted by molar-refractivity contribution is 6.03. The zero-order chi connectivity index (χ0) is 17.2. The number of benzene rings is 2. The van der Waals surface area contributed by atoms with Crippen molar-refractivity contribution in [1.29, 1.82) is 0 Å². The van der Waals surface area contributed by atoms with Crippen LogP contribution in [0.3, 0.4) is 0 Å². The highest BCUT2D eigenvalue weighted by atomic mass is 16.7. The SMILES string of the molecule is CCc1ccc(NC(=O)c2cc(-c3ccc4c(c3)OCO4)n[nH]2)cc1. The monoisotopic (exact) mass is 335 g/mol. The van der Waals surface area contributed by atoms with E-state index in [0.29, 0.717) is 22.9 Å². The van der Waals surface area contributed by atoms with Gasteiger partial charge in [0, 0.05) is 11.3 Å². The van der Waals surface area contributed by atoms with Crippen LogP contribution in [0.15, 0.2) is 48.5 Å². The molecule has 4 rings (SSSR count). The van der Waals surface area contributed by atoms with Crippen molar-refractivity contribution in [2.75, 3.05) is 12.1 Å². The Hall–Kier alpha value is -3.28. The van der Waals surface area contributed by atoms with E-state index in [2.05, 4.69) is 22.4 Å². The lowest BCUT2D eigenvalue weighted by atomic mass is 10.1. The number of aryl methyl sites for hydroxylation is 1. The van der Waals surface area contributed by atoms with Gasteiger partial charge in [0.05, 0.1) is 5.69 Å². The first-order chi connectivity index (χ1) is 12.2. The summed E-state index contributed by atoms with van der Waals surface area (Å²) >= 11 is 0. The number of hydrogen-bond donors (Lipinski definition) is 2. The van der Waals surface area contributed by atoms with Gasteiger partial charge in [-0.3, -0.25) is 9.89 Å². The van der Waals surface area contributed by atoms with Gasteiger partial charge in [-0.05, 0) is 48.4 Å². The van der Waals surface area contributed by atoms with E-state index < -0.39 is 0 Å². The van der Waals surface area contributed by atoms with Crippen molar-refractivity contribution in [1.82, 2.24) is 10.2 Å². The van der Waals surface area contributed by atoms with E-state index in [0.717, 1.165) is 17.7 Å². The Morgan fingerprint density at radius 3 is 2.72 bits per heavy atom. The number of hydrogen-bond acceptors (Lipinski definition) is 4. The van der Waals surface area contributed by atoms with Crippen molar-refractivity contribution >= 4 is 11.6 Å². The number of aromatic amines is 1. The maximum Gasteiger partial charge on any atom is 0.273 e. The highest BCUT2D eigenvalue weighted by Crippen LogP contribution is 2.35. The van der Waals surface area contributed by atoms with Crippen molar-refractivity contribution in [3.63, 3.8) is 0 Å². The van der Waals surface area contributed by atoms with Gasteiger partial charge in [-0.25, -0.2) is 0 Å². The van der Waals surface area contributed by atoms with Crippen LogP contribution in [-0.2, 0) is 6.42 Å². The molecule has 0 bridgehead atoms. The lowest BCUT2D eigenvalue weighted by Gasteiger charge is -2.04. The molecule has 1 aliphatic rings. The molecule has 0 radical (unpaired) electrons. The van der Waals surface area contributed by atoms with E-state index >= 15 is 0 Å². The topological polar surface area (TPSA) is 76.2 Å². The minimum absolute atomic E-state index is 0.226. The van der Waals surface area contributed by atoms with Crippen LogP contribution < -0.4 is 14.8 Å². The zero-order valence-corrected chi connectivity index (χ0v) is 13.7. The van der Waals surface area contributed by atoms with Gasteiger partial charge in [0.2, 0.25) is 6.79 Å². The van der Waals surface area contributed by atoms with Gasteiger partial charge in [0.1, 0.15) is 5.69 Å². The smallest absolute Gasteiger partial charge is 0.273 e. The molecular weight excluding hydrogens is 318 g/mol. The first-order valence-electron chi connectivity index (χ1n) is 8.08. The third-order valence-corrected chi connectivity index (χ3v) is 4.11. The first-order valence-corrected chi connectivity index (χ1v) is 8.08. The molecule has 1 aromatic heterocycles. The molecule has 0 aliphatic carbocycles. The van der Waals surface area contributed by atoms with Crippen LogP contribution >= 0.6 is 0 Å². The molecular formula is C19H17N3O3. The minimum atomic E-state index is -0.233. The number of nitrogens with one attached hydrogen (secondary N) is 2. The van der Waals surface area contributed by atoms with Gasteiger partial charge in [-0.15, -0.1) is 0 Å². The normalized spacial score (nSPS) is 12.2. The van der Waals surface area contributed by atoms with Crippen LogP contribution in [0.5, 0.6) is 11.5 Å². The second-order valence-electron chi connectivity index (χ2n) is 5.74. The highest BCUT2D eigenvalue weighted by Gasteiger charge is 2.16. The van der Waals surface area contributed by atoms with E-state index in [1.807, 2.05) is 42.5 Å². The molecule has 2 aromatic carbocycles. The molecule has 25 heavy (non-hydrogen) atoms. The molecule has 0 fully saturated rings. The van der Waals surface area contributed by atoms with Crippen molar-refractivity contribution in [2.45, 2.75) is 13.3 Å². The summed E-state index contributed by atoms with van der Waals surface area (Å²) in [5, 5.41) is 9.86. The van der Waals surface area contributed by atoms with Gasteiger partial charge in [0.15, 0.2) is 11.5 Å². The lowest BCUT2D eigenvalue weighted by molar-refractivity contribution is 0.102. The predicted molar refractivity (Wildman–Crippen MR) is 93.9 cm³/mol. The van der Waals surface area contributed by atoms with Crippen LogP contribution in [0.2, 0.25) is 0 Å². The Morgan fingerprint density at radius 2 is 1.92 bits per heavy atom. The first kappa shape index (κ1) is 15.3. The molecule has 0 unspecified atom stereocenters. The standard InChI is InChI=1S/C19H17N3O3/c1-2-12-3-6-14(7-4-12)20-19(23)16-10-15(21-22-16)13-5-8-17-18(9-13)25-11-24-17/h3-10H,2,11H2,1H3,(H,20,23)(H,21,22). The number of rotatable bonds is 4. The molecule has 126 valence electrons. The number of carbonyl (C=O) groups is 1. The number of H-pyrrole nitrogens is 1. The Bertz CT molecular complexity index is 916. The minimum Gasteiger partial charge on any atom is -0.454 e. The van der Waals surface area contributed by atoms with Crippen LogP contribution in [-0.4, -0.2) is 22.9 Å². The Kier molecular flexibility index (Phi) is 3.85. The van der Waals surface area contributed by atoms with Crippen LogP contribution in [0.4, 0.5) is 5.69 Å². The number of anilines is 1. The summed E-state index contributed by atoms with van der Waals surface area (Å²) in [6.07, 6.45) is 0.966. The van der Waals surface area contributed by atoms with Gasteiger partial charge >= 0.3 is 0 Å². The third-order valence-electron chi connectivity index (χ3n) is 4.11. The van der Waals surface area contributed by atoms with Gasteiger partial charge in [-0.2, -0.15) is 5.10 Å². The molecule has 0 saturated heterocycles. The fourth-order valence-corrected chi connectivity index (χ4v) is 2.66. The number of nitrogens with zero attached hydrogens (tertiary/aromatic N) is 1. The summed E-state index contributed by atoms with van der Waals surface area (Å²) in [5.74, 6) is 1.17. The van der Waals surface area contributed by atoms with Gasteiger partial charge in [0.25, 0.3) is 5.91 Å². The fourth-order valence-electron chi connectivity index (χ4n) is 2.66. The Balaban J connectivity index is 1.51. The maximum atomic E-state index is 12.4. The third kappa shape index (κ3) is 3.06. The van der Waals surface area contributed by atoms with E-state index in [9.17, 15) is 4.79 Å². The van der Waals surface area contributed by atoms with Gasteiger partial charge in [-0.1, -0.05) is 19.1 Å². The fraction of sp³-hybridized carbons (Fsp3) is 0.158. The molecule has 2 heterocycles. The van der Waals surface area contributed by atoms with E-state index in [4.69, 9.17) is 9.47 Å². The molecule has 6 nitrogen and oxygen atoms in total. The molecule has 0 atom stereocenters. The number of carbonyl (C=O) groups excluding carboxylic acids is 1. The number of ether oxygens (including phenoxy) is 2. The van der Waals surface area contributed by atoms with E-state index in [-0.39, 0.29) is 12.7 Å². The van der Waals surface area contributed by atoms with Crippen LogP contribution in [0, 0.1) is 0 Å². The predicted octanol–water partition coefficient (Wildman–Crippen LogP) is 3.62. The van der Waals surface area contributed by atoms with Crippen molar-refractivity contribution in [2.24, 2.45) is 0 Å². The Morgan fingerprint density at radius 1 is 1.12 bits per heavy atom. The molecule has 1 aliphatic heterocycles. The number of amides is 1. The van der Waals surface area contributed by atoms with Crippen LogP contribution in [0.1, 0.15) is 23.0 Å². The Labute approximate surface area is 144 Å². The summed E-state index contributed by atoms with van der Waals surface area (Å²) < 4.78 is 10.7. The van der Waals surface area contributed by atoms with Crippen molar-refractivity contribution < 1.29 is 14.3 Å². The molecule has 0 saturated carbocycles. The molecule has 0 spiro atoms. The summed E-state index contributed by atoms with van der Waals surface area (Å²) in [4.78, 5) is 12.4. The quantitative estimate of drug-likeness (QED) is 0.763. The van der Waals surface area contributed by atoms with Crippen LogP contribution in [0.25, 0.3) is 11.3 Å². The average Bonchev–Trinajstić information content (AvgIpc) is 3.31. The summed E-state index contributed by atoms with van der Waals surface area (Å²) in [6.45, 7) is 2.32. The molecule has 6 heteroatoms.